The fraction of sp³-hybridized carbons (Fsp3) is 0.526. The summed E-state index contributed by atoms with van der Waals surface area (Å²) in [6.45, 7) is 3.51. The van der Waals surface area contributed by atoms with Crippen molar-refractivity contribution in [3.63, 3.8) is 0 Å². The van der Waals surface area contributed by atoms with E-state index in [1.165, 1.54) is 11.3 Å². The first-order valence-electron chi connectivity index (χ1n) is 9.60. The Balaban J connectivity index is 1.59. The molecule has 2 aliphatic heterocycles. The molecular formula is C19H23ClN4O4S. The van der Waals surface area contributed by atoms with Crippen LogP contribution in [0.15, 0.2) is 12.3 Å². The zero-order valence-corrected chi connectivity index (χ0v) is 17.5. The van der Waals surface area contributed by atoms with Crippen molar-refractivity contribution in [1.29, 1.82) is 0 Å². The highest BCUT2D eigenvalue weighted by atomic mass is 35.5. The topological polar surface area (TPSA) is 108 Å². The number of aliphatic carboxylic acids is 1. The summed E-state index contributed by atoms with van der Waals surface area (Å²) in [7, 11) is 0. The van der Waals surface area contributed by atoms with E-state index in [4.69, 9.17) is 16.3 Å². The third-order valence-corrected chi connectivity index (χ3v) is 6.91. The molecular weight excluding hydrogens is 416 g/mol. The van der Waals surface area contributed by atoms with Gasteiger partial charge in [-0.15, -0.1) is 11.3 Å². The summed E-state index contributed by atoms with van der Waals surface area (Å²) in [5.74, 6) is -0.435. The molecule has 0 amide bonds. The van der Waals surface area contributed by atoms with Gasteiger partial charge in [-0.3, -0.25) is 9.69 Å². The number of aliphatic hydroxyl groups excluding tert-OH is 1. The molecule has 2 aliphatic rings. The summed E-state index contributed by atoms with van der Waals surface area (Å²) in [5.41, 5.74) is 1.33. The minimum atomic E-state index is -0.963. The largest absolute Gasteiger partial charge is 0.480 e. The second-order valence-electron chi connectivity index (χ2n) is 7.29. The van der Waals surface area contributed by atoms with E-state index in [-0.39, 0.29) is 6.04 Å². The molecule has 3 N–H and O–H groups in total. The molecule has 4 rings (SSSR count). The van der Waals surface area contributed by atoms with Gasteiger partial charge in [0.05, 0.1) is 16.1 Å². The molecule has 10 heteroatoms. The van der Waals surface area contributed by atoms with Crippen molar-refractivity contribution in [1.82, 2.24) is 14.9 Å². The maximum absolute atomic E-state index is 11.3. The average molecular weight is 439 g/mol. The number of thiophene rings is 1. The van der Waals surface area contributed by atoms with Gasteiger partial charge in [0.2, 0.25) is 5.95 Å². The molecule has 0 spiro atoms. The molecule has 0 saturated carbocycles. The zero-order valence-electron chi connectivity index (χ0n) is 16.0. The van der Waals surface area contributed by atoms with E-state index >= 15 is 0 Å². The first kappa shape index (κ1) is 20.5. The van der Waals surface area contributed by atoms with E-state index in [1.54, 1.807) is 18.0 Å². The number of nitrogens with one attached hydrogen (secondary N) is 1. The highest BCUT2D eigenvalue weighted by Gasteiger charge is 2.34. The molecule has 156 valence electrons. The van der Waals surface area contributed by atoms with E-state index in [1.807, 2.05) is 6.07 Å². The molecule has 0 radical (unpaired) electrons. The van der Waals surface area contributed by atoms with Gasteiger partial charge in [0.1, 0.15) is 18.0 Å². The summed E-state index contributed by atoms with van der Waals surface area (Å²) >= 11 is 7.90. The predicted octanol–water partition coefficient (Wildman–Crippen LogP) is 2.77. The van der Waals surface area contributed by atoms with Gasteiger partial charge < -0.3 is 20.3 Å². The highest BCUT2D eigenvalue weighted by molar-refractivity contribution is 7.15. The van der Waals surface area contributed by atoms with Gasteiger partial charge in [0, 0.05) is 36.2 Å². The Hall–Kier alpha value is -1.78. The molecule has 0 bridgehead atoms. The third kappa shape index (κ3) is 4.24. The van der Waals surface area contributed by atoms with Crippen LogP contribution in [-0.4, -0.2) is 62.9 Å². The number of rotatable bonds is 5. The Kier molecular flexibility index (Phi) is 6.03. The highest BCUT2D eigenvalue weighted by Crippen LogP contribution is 2.40. The van der Waals surface area contributed by atoms with Gasteiger partial charge >= 0.3 is 5.97 Å². The van der Waals surface area contributed by atoms with Crippen molar-refractivity contribution in [3.05, 3.63) is 27.7 Å². The number of aromatic nitrogens is 2. The summed E-state index contributed by atoms with van der Waals surface area (Å²) in [4.78, 5) is 23.7. The minimum absolute atomic E-state index is 0.266. The molecule has 4 heterocycles. The Morgan fingerprint density at radius 1 is 1.45 bits per heavy atom. The van der Waals surface area contributed by atoms with Crippen LogP contribution in [0.3, 0.4) is 0 Å². The minimum Gasteiger partial charge on any atom is -0.480 e. The molecule has 1 saturated heterocycles. The maximum Gasteiger partial charge on any atom is 0.320 e. The number of nitrogens with zero attached hydrogens (tertiary/aromatic N) is 3. The second kappa shape index (κ2) is 8.53. The summed E-state index contributed by atoms with van der Waals surface area (Å²) in [5, 5.41) is 23.8. The smallest absolute Gasteiger partial charge is 0.320 e. The predicted molar refractivity (Wildman–Crippen MR) is 110 cm³/mol. The quantitative estimate of drug-likeness (QED) is 0.654. The maximum atomic E-state index is 11.3. The normalized spacial score (nSPS) is 21.6. The summed E-state index contributed by atoms with van der Waals surface area (Å²) in [6, 6.07) is 1.36. The number of carbonyl (C=O) groups is 1. The number of hydrogen-bond donors (Lipinski definition) is 3. The third-order valence-electron chi connectivity index (χ3n) is 5.42. The van der Waals surface area contributed by atoms with E-state index in [0.717, 1.165) is 41.4 Å². The number of carboxylic acid groups (broad SMARTS) is 1. The summed E-state index contributed by atoms with van der Waals surface area (Å²) in [6.07, 6.45) is 3.09. The fourth-order valence-electron chi connectivity index (χ4n) is 3.69. The first-order chi connectivity index (χ1) is 13.9. The fourth-order valence-corrected chi connectivity index (χ4v) is 5.11. The lowest BCUT2D eigenvalue weighted by molar-refractivity contribution is -0.148. The Bertz CT molecular complexity index is 902. The van der Waals surface area contributed by atoms with Crippen LogP contribution >= 0.6 is 22.9 Å². The molecule has 2 unspecified atom stereocenters. The molecule has 0 aromatic carbocycles. The molecule has 1 fully saturated rings. The first-order valence-corrected chi connectivity index (χ1v) is 10.8. The number of fused-ring (bicyclic) bond motifs is 1. The van der Waals surface area contributed by atoms with Crippen molar-refractivity contribution >= 4 is 34.9 Å². The van der Waals surface area contributed by atoms with Gasteiger partial charge in [-0.2, -0.15) is 0 Å². The lowest BCUT2D eigenvalue weighted by Crippen LogP contribution is -2.44. The van der Waals surface area contributed by atoms with Crippen LogP contribution in [0.1, 0.15) is 36.4 Å². The van der Waals surface area contributed by atoms with Crippen LogP contribution < -0.4 is 5.32 Å². The van der Waals surface area contributed by atoms with Crippen molar-refractivity contribution in [2.75, 3.05) is 25.1 Å². The van der Waals surface area contributed by atoms with Crippen LogP contribution in [0.25, 0.3) is 10.6 Å². The molecule has 29 heavy (non-hydrogen) atoms. The lowest BCUT2D eigenvalue weighted by Gasteiger charge is -2.34. The Morgan fingerprint density at radius 3 is 2.93 bits per heavy atom. The standard InChI is InChI=1S/C19H23ClN4O4S/c1-10(18(26)27)24-5-2-14-12(17(24)25)8-15(29-14)16-13(20)9-21-19(23-16)22-11-3-6-28-7-4-11/h8-11,17,25H,2-7H2,1H3,(H,26,27)(H,21,22,23). The van der Waals surface area contributed by atoms with Crippen LogP contribution in [0, 0.1) is 0 Å². The lowest BCUT2D eigenvalue weighted by atomic mass is 10.0. The number of hydrogen-bond acceptors (Lipinski definition) is 8. The number of carboxylic acids is 1. The Labute approximate surface area is 177 Å². The monoisotopic (exact) mass is 438 g/mol. The van der Waals surface area contributed by atoms with Crippen LogP contribution in [0.2, 0.25) is 5.02 Å². The zero-order chi connectivity index (χ0) is 20.5. The van der Waals surface area contributed by atoms with E-state index in [2.05, 4.69) is 15.3 Å². The molecule has 8 nitrogen and oxygen atoms in total. The SMILES string of the molecule is CC(C(=O)O)N1CCc2sc(-c3nc(NC4CCOCC4)ncc3Cl)cc2C1O. The van der Waals surface area contributed by atoms with E-state index in [9.17, 15) is 15.0 Å². The van der Waals surface area contributed by atoms with Crippen molar-refractivity contribution < 1.29 is 19.7 Å². The summed E-state index contributed by atoms with van der Waals surface area (Å²) < 4.78 is 5.38. The average Bonchev–Trinajstić information content (AvgIpc) is 3.15. The Morgan fingerprint density at radius 2 is 2.21 bits per heavy atom. The van der Waals surface area contributed by atoms with Crippen molar-refractivity contribution in [2.45, 2.75) is 44.5 Å². The van der Waals surface area contributed by atoms with Crippen molar-refractivity contribution in [2.24, 2.45) is 0 Å². The second-order valence-corrected chi connectivity index (χ2v) is 8.83. The van der Waals surface area contributed by atoms with E-state index in [0.29, 0.717) is 29.6 Å². The number of anilines is 1. The molecule has 2 atom stereocenters. The molecule has 0 aliphatic carbocycles. The van der Waals surface area contributed by atoms with Gasteiger partial charge in [-0.05, 0) is 32.3 Å². The van der Waals surface area contributed by atoms with Crippen LogP contribution in [0.4, 0.5) is 5.95 Å². The van der Waals surface area contributed by atoms with Gasteiger partial charge in [0.25, 0.3) is 0 Å². The van der Waals surface area contributed by atoms with Gasteiger partial charge in [0.15, 0.2) is 0 Å². The molecule has 2 aromatic heterocycles. The number of aliphatic hydroxyl groups is 1. The van der Waals surface area contributed by atoms with Crippen LogP contribution in [-0.2, 0) is 16.0 Å². The van der Waals surface area contributed by atoms with Crippen LogP contribution in [0.5, 0.6) is 0 Å². The van der Waals surface area contributed by atoms with Crippen molar-refractivity contribution in [3.8, 4) is 10.6 Å². The van der Waals surface area contributed by atoms with Gasteiger partial charge in [-0.25, -0.2) is 9.97 Å². The number of halogens is 1. The van der Waals surface area contributed by atoms with Gasteiger partial charge in [-0.1, -0.05) is 11.6 Å². The number of ether oxygens (including phenoxy) is 1. The van der Waals surface area contributed by atoms with E-state index < -0.39 is 18.2 Å². The molecule has 2 aromatic rings.